The summed E-state index contributed by atoms with van der Waals surface area (Å²) in [6, 6.07) is 8.52. The van der Waals surface area contributed by atoms with Gasteiger partial charge in [-0.15, -0.1) is 0 Å². The van der Waals surface area contributed by atoms with Crippen LogP contribution in [0.15, 0.2) is 42.7 Å². The van der Waals surface area contributed by atoms with Gasteiger partial charge in [0.1, 0.15) is 23.9 Å². The first-order valence-corrected chi connectivity index (χ1v) is 11.0. The topological polar surface area (TPSA) is 99.6 Å². The van der Waals surface area contributed by atoms with Crippen molar-refractivity contribution in [2.75, 3.05) is 38.4 Å². The number of fused-ring (bicyclic) bond motifs is 1. The van der Waals surface area contributed by atoms with E-state index in [1.165, 1.54) is 13.2 Å². The number of methoxy groups -OCH3 is 1. The number of aromatic nitrogens is 4. The molecule has 34 heavy (non-hydrogen) atoms. The summed E-state index contributed by atoms with van der Waals surface area (Å²) in [5, 5.41) is 0. The summed E-state index contributed by atoms with van der Waals surface area (Å²) in [4.78, 5) is 30.7. The minimum absolute atomic E-state index is 0.0876. The number of ether oxygens (including phenoxy) is 3. The lowest BCUT2D eigenvalue weighted by molar-refractivity contribution is -0.145. The van der Waals surface area contributed by atoms with Gasteiger partial charge in [-0.2, -0.15) is 4.39 Å². The van der Waals surface area contributed by atoms with E-state index in [1.807, 2.05) is 36.2 Å². The number of carbonyl (C=O) groups is 1. The number of pyridine rings is 2. The molecule has 0 radical (unpaired) electrons. The van der Waals surface area contributed by atoms with Gasteiger partial charge in [0, 0.05) is 49.5 Å². The molecule has 3 aromatic heterocycles. The molecule has 1 aliphatic heterocycles. The van der Waals surface area contributed by atoms with Crippen LogP contribution in [0.5, 0.6) is 5.75 Å². The molecule has 0 aliphatic carbocycles. The van der Waals surface area contributed by atoms with Gasteiger partial charge in [-0.1, -0.05) is 6.07 Å². The predicted octanol–water partition coefficient (Wildman–Crippen LogP) is 3.15. The van der Waals surface area contributed by atoms with E-state index < -0.39 is 11.9 Å². The maximum absolute atomic E-state index is 14.3. The molecule has 0 N–H and O–H groups in total. The Bertz CT molecular complexity index is 1130. The van der Waals surface area contributed by atoms with Crippen LogP contribution in [0.1, 0.15) is 30.6 Å². The first kappa shape index (κ1) is 23.5. The van der Waals surface area contributed by atoms with Crippen LogP contribution in [0.25, 0.3) is 11.5 Å². The van der Waals surface area contributed by atoms with Crippen molar-refractivity contribution in [3.63, 3.8) is 0 Å². The van der Waals surface area contributed by atoms with Crippen LogP contribution in [0.2, 0.25) is 0 Å². The molecule has 4 heterocycles. The molecule has 0 spiro atoms. The van der Waals surface area contributed by atoms with Crippen molar-refractivity contribution in [2.24, 2.45) is 0 Å². The highest BCUT2D eigenvalue weighted by Gasteiger charge is 2.27. The van der Waals surface area contributed by atoms with E-state index in [0.717, 1.165) is 17.0 Å². The Kier molecular flexibility index (Phi) is 7.58. The fourth-order valence-corrected chi connectivity index (χ4v) is 3.75. The Morgan fingerprint density at radius 3 is 2.88 bits per heavy atom. The molecular weight excluding hydrogens is 441 g/mol. The fraction of sp³-hybridized carbons (Fsp3) is 0.375. The van der Waals surface area contributed by atoms with Crippen molar-refractivity contribution in [3.8, 4) is 17.3 Å². The first-order chi connectivity index (χ1) is 16.5. The molecule has 0 bridgehead atoms. The van der Waals surface area contributed by atoms with Gasteiger partial charge in [-0.3, -0.25) is 4.98 Å². The van der Waals surface area contributed by atoms with Gasteiger partial charge < -0.3 is 19.1 Å². The van der Waals surface area contributed by atoms with E-state index in [-0.39, 0.29) is 12.6 Å². The summed E-state index contributed by atoms with van der Waals surface area (Å²) in [6.07, 6.45) is 4.75. The van der Waals surface area contributed by atoms with Crippen LogP contribution >= 0.6 is 0 Å². The fourth-order valence-electron chi connectivity index (χ4n) is 3.75. The van der Waals surface area contributed by atoms with E-state index in [9.17, 15) is 9.18 Å². The summed E-state index contributed by atoms with van der Waals surface area (Å²) in [5.41, 5.74) is 2.66. The summed E-state index contributed by atoms with van der Waals surface area (Å²) in [6.45, 7) is 3.19. The smallest absolute Gasteiger partial charge is 0.331 e. The molecule has 9 nitrogen and oxygen atoms in total. The molecular formula is C24H26FN5O4. The predicted molar refractivity (Wildman–Crippen MR) is 122 cm³/mol. The molecule has 0 amide bonds. The van der Waals surface area contributed by atoms with Crippen molar-refractivity contribution < 1.29 is 23.4 Å². The Labute approximate surface area is 196 Å². The Hall–Kier alpha value is -3.66. The van der Waals surface area contributed by atoms with E-state index >= 15 is 0 Å². The van der Waals surface area contributed by atoms with Crippen molar-refractivity contribution in [2.45, 2.75) is 25.8 Å². The number of carbonyl (C=O) groups excluding carboxylic acids is 1. The number of nitrogens with zero attached hydrogens (tertiary/aromatic N) is 5. The molecule has 4 rings (SSSR count). The van der Waals surface area contributed by atoms with Crippen LogP contribution in [-0.2, 0) is 20.7 Å². The minimum atomic E-state index is -0.616. The highest BCUT2D eigenvalue weighted by molar-refractivity contribution is 5.70. The molecule has 0 saturated heterocycles. The molecule has 0 saturated carbocycles. The number of esters is 1. The summed E-state index contributed by atoms with van der Waals surface area (Å²) in [5.74, 6) is 0.417. The Balaban J connectivity index is 1.41. The monoisotopic (exact) mass is 467 g/mol. The zero-order valence-corrected chi connectivity index (χ0v) is 19.1. The van der Waals surface area contributed by atoms with Crippen LogP contribution in [0.3, 0.4) is 0 Å². The quantitative estimate of drug-likeness (QED) is 0.267. The molecule has 0 aromatic carbocycles. The van der Waals surface area contributed by atoms with E-state index in [4.69, 9.17) is 14.5 Å². The van der Waals surface area contributed by atoms with E-state index in [1.54, 1.807) is 12.3 Å². The van der Waals surface area contributed by atoms with E-state index in [0.29, 0.717) is 50.0 Å². The molecule has 0 fully saturated rings. The van der Waals surface area contributed by atoms with Crippen molar-refractivity contribution in [3.05, 3.63) is 59.9 Å². The third-order valence-corrected chi connectivity index (χ3v) is 5.50. The number of hydrogen-bond acceptors (Lipinski definition) is 9. The normalized spacial score (nSPS) is 15.0. The zero-order chi connectivity index (χ0) is 23.9. The Morgan fingerprint density at radius 1 is 1.21 bits per heavy atom. The lowest BCUT2D eigenvalue weighted by Crippen LogP contribution is -2.35. The number of anilines is 1. The van der Waals surface area contributed by atoms with Gasteiger partial charge in [0.15, 0.2) is 5.82 Å². The van der Waals surface area contributed by atoms with Crippen LogP contribution in [0.4, 0.5) is 10.2 Å². The van der Waals surface area contributed by atoms with Crippen LogP contribution < -0.4 is 9.64 Å². The molecule has 1 aliphatic rings. The second kappa shape index (κ2) is 11.0. The highest BCUT2D eigenvalue weighted by atomic mass is 19.1. The molecule has 10 heteroatoms. The minimum Gasteiger partial charge on any atom is -0.493 e. The van der Waals surface area contributed by atoms with E-state index in [2.05, 4.69) is 19.7 Å². The van der Waals surface area contributed by atoms with Crippen molar-refractivity contribution in [1.82, 2.24) is 19.9 Å². The third-order valence-electron chi connectivity index (χ3n) is 5.50. The molecule has 3 aromatic rings. The van der Waals surface area contributed by atoms with Crippen molar-refractivity contribution >= 4 is 11.8 Å². The number of hydrogen-bond donors (Lipinski definition) is 0. The van der Waals surface area contributed by atoms with Gasteiger partial charge in [-0.25, -0.2) is 19.7 Å². The largest absolute Gasteiger partial charge is 0.493 e. The number of rotatable bonds is 9. The molecule has 178 valence electrons. The lowest BCUT2D eigenvalue weighted by Gasteiger charge is -2.35. The third kappa shape index (κ3) is 5.63. The van der Waals surface area contributed by atoms with Gasteiger partial charge >= 0.3 is 5.97 Å². The SMILES string of the molecule is COC(=O)COCCCOc1cc(F)nc(N2CCc3nc(-c4ccccn4)ncc3C2C)c1. The molecule has 1 unspecified atom stereocenters. The highest BCUT2D eigenvalue weighted by Crippen LogP contribution is 2.33. The van der Waals surface area contributed by atoms with Gasteiger partial charge in [0.25, 0.3) is 0 Å². The first-order valence-electron chi connectivity index (χ1n) is 11.0. The van der Waals surface area contributed by atoms with Crippen LogP contribution in [0, 0.1) is 5.95 Å². The zero-order valence-electron chi connectivity index (χ0n) is 19.1. The van der Waals surface area contributed by atoms with Gasteiger partial charge in [0.2, 0.25) is 5.95 Å². The maximum Gasteiger partial charge on any atom is 0.331 e. The second-order valence-corrected chi connectivity index (χ2v) is 7.74. The van der Waals surface area contributed by atoms with Crippen molar-refractivity contribution in [1.29, 1.82) is 0 Å². The Morgan fingerprint density at radius 2 is 2.09 bits per heavy atom. The average Bonchev–Trinajstić information content (AvgIpc) is 2.86. The lowest BCUT2D eigenvalue weighted by atomic mass is 9.99. The molecule has 1 atom stereocenters. The summed E-state index contributed by atoms with van der Waals surface area (Å²) >= 11 is 0. The van der Waals surface area contributed by atoms with Crippen LogP contribution in [-0.4, -0.2) is 59.4 Å². The van der Waals surface area contributed by atoms with Gasteiger partial charge in [0.05, 0.1) is 32.1 Å². The van der Waals surface area contributed by atoms with Gasteiger partial charge in [-0.05, 0) is 19.1 Å². The standard InChI is InChI=1S/C24H26FN5O4/c1-16-18-14-27-24(20-6-3-4-8-26-20)28-19(18)7-9-30(16)22-13-17(12-21(25)29-22)34-11-5-10-33-15-23(31)32-2/h3-4,6,8,12-14,16H,5,7,9-11,15H2,1-2H3. The average molecular weight is 468 g/mol. The maximum atomic E-state index is 14.3. The summed E-state index contributed by atoms with van der Waals surface area (Å²) in [7, 11) is 1.30. The number of halogens is 1. The second-order valence-electron chi connectivity index (χ2n) is 7.74. The summed E-state index contributed by atoms with van der Waals surface area (Å²) < 4.78 is 29.7.